The fraction of sp³-hybridized carbons (Fsp3) is 0.929. The van der Waals surface area contributed by atoms with Gasteiger partial charge < -0.3 is 15.0 Å². The molecule has 0 bridgehead atoms. The summed E-state index contributed by atoms with van der Waals surface area (Å²) in [7, 11) is 3.33. The average molecular weight is 256 g/mol. The van der Waals surface area contributed by atoms with Crippen LogP contribution >= 0.6 is 0 Å². The van der Waals surface area contributed by atoms with E-state index >= 15 is 0 Å². The Balaban J connectivity index is 2.70. The molecule has 0 aromatic heterocycles. The van der Waals surface area contributed by atoms with Gasteiger partial charge in [-0.05, 0) is 38.8 Å². The predicted octanol–water partition coefficient (Wildman–Crippen LogP) is 1.65. The molecule has 2 atom stereocenters. The number of likely N-dealkylation sites (N-methyl/N-ethyl adjacent to an activating group) is 1. The molecule has 0 aliphatic heterocycles. The highest BCUT2D eigenvalue weighted by Gasteiger charge is 2.46. The number of rotatable bonds is 6. The zero-order valence-corrected chi connectivity index (χ0v) is 12.5. The van der Waals surface area contributed by atoms with E-state index in [1.54, 1.807) is 0 Å². The molecule has 1 aliphatic rings. The molecule has 0 saturated heterocycles. The Kier molecular flexibility index (Phi) is 5.60. The summed E-state index contributed by atoms with van der Waals surface area (Å²) in [5, 5.41) is 3.19. The maximum Gasteiger partial charge on any atom is 0.326 e. The van der Waals surface area contributed by atoms with E-state index in [1.807, 2.05) is 7.05 Å². The van der Waals surface area contributed by atoms with Crippen LogP contribution in [0.3, 0.4) is 0 Å². The molecule has 1 saturated carbocycles. The van der Waals surface area contributed by atoms with E-state index in [9.17, 15) is 4.79 Å². The normalized spacial score (nSPS) is 28.1. The van der Waals surface area contributed by atoms with E-state index < -0.39 is 5.54 Å². The second kappa shape index (κ2) is 6.53. The maximum atomic E-state index is 11.9. The van der Waals surface area contributed by atoms with Gasteiger partial charge in [-0.1, -0.05) is 20.8 Å². The molecule has 0 aromatic carbocycles. The molecular formula is C14H28N2O2. The van der Waals surface area contributed by atoms with Gasteiger partial charge in [-0.25, -0.2) is 0 Å². The summed E-state index contributed by atoms with van der Waals surface area (Å²) in [5.41, 5.74) is -0.468. The molecule has 1 rings (SSSR count). The van der Waals surface area contributed by atoms with E-state index in [0.717, 1.165) is 32.4 Å². The lowest BCUT2D eigenvalue weighted by atomic mass is 9.97. The first kappa shape index (κ1) is 15.4. The number of ether oxygens (including phenoxy) is 1. The zero-order chi connectivity index (χ0) is 13.8. The Bertz CT molecular complexity index is 281. The minimum atomic E-state index is -0.468. The van der Waals surface area contributed by atoms with E-state index in [2.05, 4.69) is 31.0 Å². The van der Waals surface area contributed by atoms with Gasteiger partial charge in [-0.15, -0.1) is 0 Å². The van der Waals surface area contributed by atoms with E-state index in [0.29, 0.717) is 12.0 Å². The van der Waals surface area contributed by atoms with Crippen molar-refractivity contribution in [3.8, 4) is 0 Å². The van der Waals surface area contributed by atoms with Gasteiger partial charge >= 0.3 is 5.97 Å². The Morgan fingerprint density at radius 1 is 1.56 bits per heavy atom. The third-order valence-corrected chi connectivity index (χ3v) is 4.07. The lowest BCUT2D eigenvalue weighted by molar-refractivity contribution is -0.148. The lowest BCUT2D eigenvalue weighted by Gasteiger charge is -2.31. The third kappa shape index (κ3) is 3.23. The molecule has 0 radical (unpaired) electrons. The summed E-state index contributed by atoms with van der Waals surface area (Å²) in [5.74, 6) is 0.542. The summed E-state index contributed by atoms with van der Waals surface area (Å²) >= 11 is 0. The molecule has 18 heavy (non-hydrogen) atoms. The number of carbonyl (C=O) groups is 1. The van der Waals surface area contributed by atoms with Crippen molar-refractivity contribution in [2.45, 2.75) is 51.6 Å². The summed E-state index contributed by atoms with van der Waals surface area (Å²) in [6.45, 7) is 8.82. The fourth-order valence-corrected chi connectivity index (χ4v) is 3.05. The van der Waals surface area contributed by atoms with E-state index in [-0.39, 0.29) is 5.97 Å². The number of hydrogen-bond acceptors (Lipinski definition) is 4. The minimum Gasteiger partial charge on any atom is -0.468 e. The lowest BCUT2D eigenvalue weighted by Crippen LogP contribution is -2.50. The van der Waals surface area contributed by atoms with Gasteiger partial charge in [-0.3, -0.25) is 4.79 Å². The standard InChI is InChI=1S/C14H28N2O2/c1-6-16(10-11(2)3)12-7-8-14(9-12,15-4)13(17)18-5/h11-12,15H,6-10H2,1-5H3. The highest BCUT2D eigenvalue weighted by Crippen LogP contribution is 2.34. The van der Waals surface area contributed by atoms with Gasteiger partial charge in [0.05, 0.1) is 7.11 Å². The second-order valence-electron chi connectivity index (χ2n) is 5.70. The number of methoxy groups -OCH3 is 1. The van der Waals surface area contributed by atoms with Crippen LogP contribution in [0.1, 0.15) is 40.0 Å². The van der Waals surface area contributed by atoms with Gasteiger partial charge in [0.15, 0.2) is 0 Å². The van der Waals surface area contributed by atoms with Crippen LogP contribution in [-0.4, -0.2) is 49.7 Å². The SMILES string of the molecule is CCN(CC(C)C)C1CCC(NC)(C(=O)OC)C1. The van der Waals surface area contributed by atoms with Crippen LogP contribution in [0.25, 0.3) is 0 Å². The largest absolute Gasteiger partial charge is 0.468 e. The number of esters is 1. The minimum absolute atomic E-state index is 0.117. The first-order chi connectivity index (χ1) is 8.49. The number of hydrogen-bond donors (Lipinski definition) is 1. The number of nitrogens with one attached hydrogen (secondary N) is 1. The van der Waals surface area contributed by atoms with Crippen LogP contribution in [0.15, 0.2) is 0 Å². The van der Waals surface area contributed by atoms with Crippen molar-refractivity contribution >= 4 is 5.97 Å². The van der Waals surface area contributed by atoms with E-state index in [1.165, 1.54) is 7.11 Å². The van der Waals surface area contributed by atoms with Crippen molar-refractivity contribution in [3.05, 3.63) is 0 Å². The molecule has 0 amide bonds. The molecule has 4 heteroatoms. The predicted molar refractivity (Wildman–Crippen MR) is 73.5 cm³/mol. The summed E-state index contributed by atoms with van der Waals surface area (Å²) in [6, 6.07) is 0.490. The highest BCUT2D eigenvalue weighted by atomic mass is 16.5. The van der Waals surface area contributed by atoms with Gasteiger partial charge in [0.1, 0.15) is 5.54 Å². The van der Waals surface area contributed by atoms with Gasteiger partial charge in [0.25, 0.3) is 0 Å². The van der Waals surface area contributed by atoms with Crippen LogP contribution in [0.2, 0.25) is 0 Å². The molecular weight excluding hydrogens is 228 g/mol. The molecule has 0 heterocycles. The van der Waals surface area contributed by atoms with Crippen LogP contribution in [0.5, 0.6) is 0 Å². The van der Waals surface area contributed by atoms with Crippen molar-refractivity contribution in [1.82, 2.24) is 10.2 Å². The average Bonchev–Trinajstić information content (AvgIpc) is 2.80. The quantitative estimate of drug-likeness (QED) is 0.734. The molecule has 1 N–H and O–H groups in total. The Morgan fingerprint density at radius 3 is 2.67 bits per heavy atom. The first-order valence-electron chi connectivity index (χ1n) is 7.00. The molecule has 1 fully saturated rings. The van der Waals surface area contributed by atoms with Crippen LogP contribution < -0.4 is 5.32 Å². The fourth-order valence-electron chi connectivity index (χ4n) is 3.05. The molecule has 4 nitrogen and oxygen atoms in total. The zero-order valence-electron chi connectivity index (χ0n) is 12.5. The van der Waals surface area contributed by atoms with Crippen molar-refractivity contribution < 1.29 is 9.53 Å². The number of carbonyl (C=O) groups excluding carboxylic acids is 1. The molecule has 2 unspecified atom stereocenters. The van der Waals surface area contributed by atoms with Crippen LogP contribution in [0.4, 0.5) is 0 Å². The van der Waals surface area contributed by atoms with Crippen molar-refractivity contribution in [2.75, 3.05) is 27.2 Å². The molecule has 106 valence electrons. The molecule has 1 aliphatic carbocycles. The second-order valence-corrected chi connectivity index (χ2v) is 5.70. The van der Waals surface area contributed by atoms with Crippen molar-refractivity contribution in [1.29, 1.82) is 0 Å². The Hall–Kier alpha value is -0.610. The summed E-state index contributed by atoms with van der Waals surface area (Å²) in [4.78, 5) is 14.4. The van der Waals surface area contributed by atoms with Crippen molar-refractivity contribution in [2.24, 2.45) is 5.92 Å². The Labute approximate surface area is 111 Å². The third-order valence-electron chi connectivity index (χ3n) is 4.07. The van der Waals surface area contributed by atoms with Gasteiger partial charge in [0.2, 0.25) is 0 Å². The topological polar surface area (TPSA) is 41.6 Å². The first-order valence-corrected chi connectivity index (χ1v) is 7.00. The summed E-state index contributed by atoms with van der Waals surface area (Å²) in [6.07, 6.45) is 2.79. The Morgan fingerprint density at radius 2 is 2.22 bits per heavy atom. The van der Waals surface area contributed by atoms with Crippen molar-refractivity contribution in [3.63, 3.8) is 0 Å². The summed E-state index contributed by atoms with van der Waals surface area (Å²) < 4.78 is 4.95. The van der Waals surface area contributed by atoms with E-state index in [4.69, 9.17) is 4.74 Å². The highest BCUT2D eigenvalue weighted by molar-refractivity contribution is 5.81. The van der Waals surface area contributed by atoms with Crippen LogP contribution in [-0.2, 0) is 9.53 Å². The smallest absolute Gasteiger partial charge is 0.326 e. The number of nitrogens with zero attached hydrogens (tertiary/aromatic N) is 1. The van der Waals surface area contributed by atoms with Gasteiger partial charge in [0, 0.05) is 12.6 Å². The maximum absolute atomic E-state index is 11.9. The van der Waals surface area contributed by atoms with Gasteiger partial charge in [-0.2, -0.15) is 0 Å². The molecule has 0 spiro atoms. The molecule has 0 aromatic rings. The monoisotopic (exact) mass is 256 g/mol. The van der Waals surface area contributed by atoms with Crippen LogP contribution in [0, 0.1) is 5.92 Å².